The molecule has 2 aromatic rings. The fourth-order valence-corrected chi connectivity index (χ4v) is 10.2. The van der Waals surface area contributed by atoms with Crippen molar-refractivity contribution in [3.05, 3.63) is 97.1 Å². The van der Waals surface area contributed by atoms with Crippen LogP contribution in [-0.2, 0) is 60.2 Å². The number of carbonyl (C=O) groups excluding carboxylic acids is 3. The highest BCUT2D eigenvalue weighted by atomic mass is 31.2. The van der Waals surface area contributed by atoms with Gasteiger partial charge in [-0.1, -0.05) is 241 Å². The van der Waals surface area contributed by atoms with Crippen LogP contribution >= 0.6 is 7.82 Å². The molecule has 3 rings (SSSR count). The first-order valence-corrected chi connectivity index (χ1v) is 29.2. The molecule has 0 aliphatic heterocycles. The van der Waals surface area contributed by atoms with E-state index in [0.29, 0.717) is 12.8 Å². The highest BCUT2D eigenvalue weighted by molar-refractivity contribution is 7.47. The number of ether oxygens (including phenoxy) is 4. The van der Waals surface area contributed by atoms with Gasteiger partial charge >= 0.3 is 19.8 Å². The highest BCUT2D eigenvalue weighted by Gasteiger charge is 2.52. The Bertz CT molecular complexity index is 1760. The first-order chi connectivity index (χ1) is 34.6. The lowest BCUT2D eigenvalue weighted by Crippen LogP contribution is -2.57. The van der Waals surface area contributed by atoms with Crippen LogP contribution in [0.25, 0.3) is 0 Å². The van der Waals surface area contributed by atoms with Gasteiger partial charge in [0, 0.05) is 24.7 Å². The molecule has 0 amide bonds. The molecule has 1 aliphatic rings. The standard InChI is InChI=1S/C59H93O11P/c1-5-9-11-13-15-17-19-21-23-25-27-29-37-43-54(60)65-47-51(69-55(61)44-38-30-28-26-24-22-20-18-16-14-12-10-6-2)48-68-71(63,64)70-59-56(62)57(66-45-49-39-33-31-34-40-49)52(7-3)53(8-4)58(59)67-46-50-41-35-32-36-42-50/h7-8,31-36,39-42,51-53,57-59H,3-6,9-30,37-38,43-48H2,1-2H3,(H,63,64)/t51-,52?,53?,57?,58?,59?/m1/s1. The fraction of sp³-hybridized carbons (Fsp3) is 0.678. The van der Waals surface area contributed by atoms with Gasteiger partial charge in [-0.3, -0.25) is 23.4 Å². The van der Waals surface area contributed by atoms with Crippen molar-refractivity contribution in [1.29, 1.82) is 0 Å². The molecule has 400 valence electrons. The molecule has 12 heteroatoms. The van der Waals surface area contributed by atoms with Crippen LogP contribution in [0.4, 0.5) is 0 Å². The summed E-state index contributed by atoms with van der Waals surface area (Å²) in [5.41, 5.74) is 1.64. The Morgan fingerprint density at radius 3 is 1.41 bits per heavy atom. The fourth-order valence-electron chi connectivity index (χ4n) is 9.28. The summed E-state index contributed by atoms with van der Waals surface area (Å²) in [5, 5.41) is 0. The number of benzene rings is 2. The maximum absolute atomic E-state index is 14.4. The van der Waals surface area contributed by atoms with Crippen molar-refractivity contribution >= 4 is 25.5 Å². The monoisotopic (exact) mass is 1010 g/mol. The van der Waals surface area contributed by atoms with Gasteiger partial charge in [-0.2, -0.15) is 0 Å². The van der Waals surface area contributed by atoms with Gasteiger partial charge in [0.2, 0.25) is 0 Å². The minimum Gasteiger partial charge on any atom is -0.462 e. The zero-order chi connectivity index (χ0) is 51.2. The normalized spacial score (nSPS) is 19.2. The Balaban J connectivity index is 1.60. The van der Waals surface area contributed by atoms with Gasteiger partial charge in [-0.05, 0) is 24.0 Å². The van der Waals surface area contributed by atoms with Crippen molar-refractivity contribution < 1.29 is 51.8 Å². The van der Waals surface area contributed by atoms with E-state index in [1.807, 2.05) is 60.7 Å². The SMILES string of the molecule is C=CC1C(OCc2ccccc2)C(=O)C(OP(=O)(O)OC[C@@H](COC(=O)CCCCCCCCCCCCCCC)OC(=O)CCCCCCCCCCCCCCC)C(OCc2ccccc2)C1C=C. The molecular weight excluding hydrogens is 916 g/mol. The van der Waals surface area contributed by atoms with Crippen molar-refractivity contribution in [2.24, 2.45) is 11.8 Å². The highest BCUT2D eigenvalue weighted by Crippen LogP contribution is 2.49. The third-order valence-electron chi connectivity index (χ3n) is 13.5. The van der Waals surface area contributed by atoms with Crippen molar-refractivity contribution in [3.63, 3.8) is 0 Å². The van der Waals surface area contributed by atoms with Crippen LogP contribution in [0.3, 0.4) is 0 Å². The Hall–Kier alpha value is -3.44. The molecule has 0 saturated heterocycles. The van der Waals surface area contributed by atoms with E-state index in [1.165, 1.54) is 116 Å². The van der Waals surface area contributed by atoms with Gasteiger partial charge in [-0.15, -0.1) is 13.2 Å². The van der Waals surface area contributed by atoms with Gasteiger partial charge in [0.25, 0.3) is 0 Å². The number of hydrogen-bond donors (Lipinski definition) is 1. The number of unbranched alkanes of at least 4 members (excludes halogenated alkanes) is 24. The lowest BCUT2D eigenvalue weighted by Gasteiger charge is -2.43. The summed E-state index contributed by atoms with van der Waals surface area (Å²) in [6, 6.07) is 18.7. The molecule has 7 atom stereocenters. The van der Waals surface area contributed by atoms with E-state index in [9.17, 15) is 23.8 Å². The van der Waals surface area contributed by atoms with E-state index in [2.05, 4.69) is 27.0 Å². The molecule has 1 N–H and O–H groups in total. The smallest absolute Gasteiger partial charge is 0.462 e. The average molecular weight is 1010 g/mol. The maximum atomic E-state index is 14.4. The molecule has 2 aromatic carbocycles. The van der Waals surface area contributed by atoms with Gasteiger partial charge < -0.3 is 23.8 Å². The molecule has 0 bridgehead atoms. The van der Waals surface area contributed by atoms with E-state index in [-0.39, 0.29) is 32.7 Å². The van der Waals surface area contributed by atoms with E-state index >= 15 is 0 Å². The second-order valence-corrected chi connectivity index (χ2v) is 21.0. The number of rotatable bonds is 44. The molecule has 6 unspecified atom stereocenters. The summed E-state index contributed by atoms with van der Waals surface area (Å²) in [4.78, 5) is 51.8. The maximum Gasteiger partial charge on any atom is 0.473 e. The van der Waals surface area contributed by atoms with Crippen LogP contribution < -0.4 is 0 Å². The molecule has 0 heterocycles. The number of ketones is 1. The molecule has 1 aliphatic carbocycles. The zero-order valence-electron chi connectivity index (χ0n) is 43.9. The molecule has 71 heavy (non-hydrogen) atoms. The molecule has 1 saturated carbocycles. The summed E-state index contributed by atoms with van der Waals surface area (Å²) in [5.74, 6) is -2.82. The van der Waals surface area contributed by atoms with E-state index in [4.69, 9.17) is 28.0 Å². The predicted octanol–water partition coefficient (Wildman–Crippen LogP) is 15.3. The van der Waals surface area contributed by atoms with E-state index in [0.717, 1.165) is 49.7 Å². The van der Waals surface area contributed by atoms with Gasteiger partial charge in [0.15, 0.2) is 18.0 Å². The Morgan fingerprint density at radius 1 is 0.563 bits per heavy atom. The average Bonchev–Trinajstić information content (AvgIpc) is 3.37. The Kier molecular flexibility index (Phi) is 34.0. The molecular formula is C59H93O11P. The number of phosphoric ester groups is 1. The molecule has 0 aromatic heterocycles. The van der Waals surface area contributed by atoms with E-state index in [1.54, 1.807) is 12.2 Å². The summed E-state index contributed by atoms with van der Waals surface area (Å²) in [6.45, 7) is 11.7. The minimum absolute atomic E-state index is 0.0704. The Morgan fingerprint density at radius 2 is 0.972 bits per heavy atom. The van der Waals surface area contributed by atoms with E-state index < -0.39 is 68.4 Å². The second kappa shape index (κ2) is 39.1. The minimum atomic E-state index is -5.09. The second-order valence-electron chi connectivity index (χ2n) is 19.6. The number of phosphoric acid groups is 1. The first kappa shape index (κ1) is 61.9. The zero-order valence-corrected chi connectivity index (χ0v) is 44.8. The lowest BCUT2D eigenvalue weighted by molar-refractivity contribution is -0.170. The molecule has 0 radical (unpaired) electrons. The van der Waals surface area contributed by atoms with Gasteiger partial charge in [-0.25, -0.2) is 4.57 Å². The van der Waals surface area contributed by atoms with Crippen molar-refractivity contribution in [2.75, 3.05) is 13.2 Å². The van der Waals surface area contributed by atoms with Crippen molar-refractivity contribution in [2.45, 2.75) is 231 Å². The number of carbonyl (C=O) groups is 3. The van der Waals surface area contributed by atoms with Crippen molar-refractivity contribution in [3.8, 4) is 0 Å². The van der Waals surface area contributed by atoms with Crippen LogP contribution in [-0.4, -0.2) is 60.2 Å². The van der Waals surface area contributed by atoms with Crippen LogP contribution in [0.2, 0.25) is 0 Å². The van der Waals surface area contributed by atoms with Crippen LogP contribution in [0.1, 0.15) is 205 Å². The molecule has 1 fully saturated rings. The number of hydrogen-bond acceptors (Lipinski definition) is 10. The summed E-state index contributed by atoms with van der Waals surface area (Å²) in [7, 11) is -5.09. The Labute approximate surface area is 429 Å². The van der Waals surface area contributed by atoms with Crippen molar-refractivity contribution in [1.82, 2.24) is 0 Å². The summed E-state index contributed by atoms with van der Waals surface area (Å²) >= 11 is 0. The molecule has 11 nitrogen and oxygen atoms in total. The third kappa shape index (κ3) is 27.4. The quantitative estimate of drug-likeness (QED) is 0.0293. The largest absolute Gasteiger partial charge is 0.473 e. The summed E-state index contributed by atoms with van der Waals surface area (Å²) in [6.07, 6.45) is 29.2. The van der Waals surface area contributed by atoms with Gasteiger partial charge in [0.1, 0.15) is 12.7 Å². The van der Waals surface area contributed by atoms with Crippen LogP contribution in [0, 0.1) is 11.8 Å². The topological polar surface area (TPSA) is 144 Å². The van der Waals surface area contributed by atoms with Crippen LogP contribution in [0.15, 0.2) is 86.0 Å². The summed E-state index contributed by atoms with van der Waals surface area (Å²) < 4.78 is 49.1. The predicted molar refractivity (Wildman–Crippen MR) is 285 cm³/mol. The number of Topliss-reactive ketones (excluding diaryl/α,β-unsaturated/α-hetero) is 1. The first-order valence-electron chi connectivity index (χ1n) is 27.7. The number of esters is 2. The van der Waals surface area contributed by atoms with Gasteiger partial charge in [0.05, 0.1) is 25.9 Å². The van der Waals surface area contributed by atoms with Crippen LogP contribution in [0.5, 0.6) is 0 Å². The third-order valence-corrected chi connectivity index (χ3v) is 14.5. The lowest BCUT2D eigenvalue weighted by atomic mass is 9.73. The molecule has 0 spiro atoms.